The summed E-state index contributed by atoms with van der Waals surface area (Å²) in [7, 11) is 0. The fraction of sp³-hybridized carbons (Fsp3) is 0.174. The van der Waals surface area contributed by atoms with Crippen molar-refractivity contribution in [3.8, 4) is 0 Å². The molecule has 1 aliphatic rings. The molecule has 0 atom stereocenters. The number of carbonyl (C=O) groups excluding carboxylic acids is 1. The number of benzene rings is 3. The van der Waals surface area contributed by atoms with E-state index in [0.717, 1.165) is 35.0 Å². The third-order valence-corrected chi connectivity index (χ3v) is 5.68. The maximum Gasteiger partial charge on any atom is 0.255 e. The van der Waals surface area contributed by atoms with E-state index in [-0.39, 0.29) is 5.91 Å². The molecule has 0 unspecified atom stereocenters. The molecule has 1 amide bonds. The Bertz CT molecular complexity index is 966. The van der Waals surface area contributed by atoms with Crippen molar-refractivity contribution in [2.24, 2.45) is 10.2 Å². The highest BCUT2D eigenvalue weighted by molar-refractivity contribution is 7.97. The van der Waals surface area contributed by atoms with Crippen LogP contribution < -0.4 is 5.32 Å². The molecule has 1 N–H and O–H groups in total. The van der Waals surface area contributed by atoms with Gasteiger partial charge in [0.15, 0.2) is 0 Å². The molecule has 1 heterocycles. The van der Waals surface area contributed by atoms with Gasteiger partial charge in [-0.3, -0.25) is 4.79 Å². The van der Waals surface area contributed by atoms with Gasteiger partial charge in [-0.15, -0.1) is 0 Å². The second-order valence-electron chi connectivity index (χ2n) is 6.79. The summed E-state index contributed by atoms with van der Waals surface area (Å²) < 4.78 is 2.37. The Hall–Kier alpha value is -2.96. The van der Waals surface area contributed by atoms with E-state index in [1.54, 1.807) is 11.9 Å². The minimum atomic E-state index is -0.124. The lowest BCUT2D eigenvalue weighted by Crippen LogP contribution is -2.12. The molecule has 1 saturated heterocycles. The molecule has 0 saturated carbocycles. The number of hydrogen-bond acceptors (Lipinski definition) is 5. The van der Waals surface area contributed by atoms with Crippen LogP contribution in [-0.2, 0) is 0 Å². The Morgan fingerprint density at radius 1 is 0.793 bits per heavy atom. The van der Waals surface area contributed by atoms with Gasteiger partial charge in [0, 0.05) is 29.2 Å². The van der Waals surface area contributed by atoms with Crippen LogP contribution in [-0.4, -0.2) is 23.3 Å². The summed E-state index contributed by atoms with van der Waals surface area (Å²) in [5, 5.41) is 11.3. The van der Waals surface area contributed by atoms with Crippen LogP contribution >= 0.6 is 11.9 Å². The zero-order chi connectivity index (χ0) is 19.9. The standard InChI is InChI=1S/C23H22N4OS/c28-23(18-8-14-22(15-9-18)29-27-16-4-5-17-27)24-19-10-12-21(13-11-19)26-25-20-6-2-1-3-7-20/h1-3,6-15H,4-5,16-17H2,(H,24,28). The van der Waals surface area contributed by atoms with E-state index in [2.05, 4.69) is 19.9 Å². The van der Waals surface area contributed by atoms with Crippen molar-refractivity contribution >= 4 is 34.9 Å². The first kappa shape index (κ1) is 19.4. The molecule has 3 aromatic carbocycles. The molecule has 5 nitrogen and oxygen atoms in total. The number of amides is 1. The number of carbonyl (C=O) groups is 1. The van der Waals surface area contributed by atoms with Gasteiger partial charge < -0.3 is 5.32 Å². The maximum atomic E-state index is 12.5. The van der Waals surface area contributed by atoms with Gasteiger partial charge in [0.25, 0.3) is 5.91 Å². The second kappa shape index (κ2) is 9.49. The van der Waals surface area contributed by atoms with Crippen molar-refractivity contribution in [3.05, 3.63) is 84.4 Å². The third kappa shape index (κ3) is 5.53. The average Bonchev–Trinajstić information content (AvgIpc) is 3.27. The Kier molecular flexibility index (Phi) is 6.34. The number of anilines is 1. The molecule has 0 aliphatic carbocycles. The van der Waals surface area contributed by atoms with Crippen LogP contribution in [0.1, 0.15) is 23.2 Å². The average molecular weight is 403 g/mol. The van der Waals surface area contributed by atoms with Crippen LogP contribution in [0.5, 0.6) is 0 Å². The third-order valence-electron chi connectivity index (χ3n) is 4.58. The summed E-state index contributed by atoms with van der Waals surface area (Å²) in [5.41, 5.74) is 2.90. The van der Waals surface area contributed by atoms with Gasteiger partial charge in [-0.25, -0.2) is 4.31 Å². The summed E-state index contributed by atoms with van der Waals surface area (Å²) in [4.78, 5) is 13.7. The van der Waals surface area contributed by atoms with Gasteiger partial charge in [0.2, 0.25) is 0 Å². The molecule has 6 heteroatoms. The molecule has 1 fully saturated rings. The molecule has 146 valence electrons. The summed E-state index contributed by atoms with van der Waals surface area (Å²) in [6.07, 6.45) is 2.53. The van der Waals surface area contributed by atoms with Crippen molar-refractivity contribution in [2.45, 2.75) is 17.7 Å². The topological polar surface area (TPSA) is 57.1 Å². The summed E-state index contributed by atoms with van der Waals surface area (Å²) in [5.74, 6) is -0.124. The zero-order valence-corrected chi connectivity index (χ0v) is 16.8. The number of rotatable bonds is 6. The van der Waals surface area contributed by atoms with E-state index < -0.39 is 0 Å². The monoisotopic (exact) mass is 402 g/mol. The minimum Gasteiger partial charge on any atom is -0.322 e. The van der Waals surface area contributed by atoms with E-state index in [4.69, 9.17) is 0 Å². The SMILES string of the molecule is O=C(Nc1ccc(N=Nc2ccccc2)cc1)c1ccc(SN2CCCC2)cc1. The lowest BCUT2D eigenvalue weighted by atomic mass is 10.2. The smallest absolute Gasteiger partial charge is 0.255 e. The van der Waals surface area contributed by atoms with Crippen LogP contribution in [0.4, 0.5) is 17.1 Å². The van der Waals surface area contributed by atoms with Crippen LogP contribution in [0.25, 0.3) is 0 Å². The van der Waals surface area contributed by atoms with Gasteiger partial charge in [-0.05, 0) is 85.5 Å². The fourth-order valence-corrected chi connectivity index (χ4v) is 4.02. The molecule has 3 aromatic rings. The summed E-state index contributed by atoms with van der Waals surface area (Å²) >= 11 is 1.76. The lowest BCUT2D eigenvalue weighted by Gasteiger charge is -2.13. The quantitative estimate of drug-likeness (QED) is 0.380. The highest BCUT2D eigenvalue weighted by Gasteiger charge is 2.13. The van der Waals surface area contributed by atoms with Gasteiger partial charge in [-0.1, -0.05) is 18.2 Å². The molecule has 0 bridgehead atoms. The van der Waals surface area contributed by atoms with Crippen LogP contribution in [0.2, 0.25) is 0 Å². The van der Waals surface area contributed by atoms with Gasteiger partial charge in [-0.2, -0.15) is 10.2 Å². The van der Waals surface area contributed by atoms with Crippen LogP contribution in [0, 0.1) is 0 Å². The summed E-state index contributed by atoms with van der Waals surface area (Å²) in [6, 6.07) is 24.6. The van der Waals surface area contributed by atoms with E-state index in [0.29, 0.717) is 5.56 Å². The number of azo groups is 1. The highest BCUT2D eigenvalue weighted by Crippen LogP contribution is 2.27. The molecular weight excluding hydrogens is 380 g/mol. The Balaban J connectivity index is 1.33. The highest BCUT2D eigenvalue weighted by atomic mass is 32.2. The molecule has 29 heavy (non-hydrogen) atoms. The largest absolute Gasteiger partial charge is 0.322 e. The predicted molar refractivity (Wildman–Crippen MR) is 118 cm³/mol. The molecule has 0 radical (unpaired) electrons. The molecule has 0 spiro atoms. The molecule has 1 aliphatic heterocycles. The number of nitrogens with zero attached hydrogens (tertiary/aromatic N) is 3. The number of nitrogens with one attached hydrogen (secondary N) is 1. The Morgan fingerprint density at radius 3 is 2.07 bits per heavy atom. The normalized spacial score (nSPS) is 14.3. The first-order chi connectivity index (χ1) is 14.3. The Morgan fingerprint density at radius 2 is 1.41 bits per heavy atom. The summed E-state index contributed by atoms with van der Waals surface area (Å²) in [6.45, 7) is 2.27. The van der Waals surface area contributed by atoms with Crippen molar-refractivity contribution in [1.29, 1.82) is 0 Å². The van der Waals surface area contributed by atoms with Crippen LogP contribution in [0.15, 0.2) is 94.0 Å². The zero-order valence-electron chi connectivity index (χ0n) is 16.0. The lowest BCUT2D eigenvalue weighted by molar-refractivity contribution is 0.102. The van der Waals surface area contributed by atoms with Gasteiger partial charge in [0.05, 0.1) is 11.4 Å². The van der Waals surface area contributed by atoms with E-state index >= 15 is 0 Å². The minimum absolute atomic E-state index is 0.124. The molecule has 4 rings (SSSR count). The van der Waals surface area contributed by atoms with E-state index in [1.807, 2.05) is 78.9 Å². The van der Waals surface area contributed by atoms with Gasteiger partial charge >= 0.3 is 0 Å². The predicted octanol–water partition coefficient (Wildman–Crippen LogP) is 6.46. The Labute approximate surface area is 175 Å². The molecular formula is C23H22N4OS. The number of hydrogen-bond donors (Lipinski definition) is 1. The van der Waals surface area contributed by atoms with Gasteiger partial charge in [0.1, 0.15) is 0 Å². The molecule has 0 aromatic heterocycles. The van der Waals surface area contributed by atoms with Crippen LogP contribution in [0.3, 0.4) is 0 Å². The van der Waals surface area contributed by atoms with E-state index in [1.165, 1.54) is 12.8 Å². The first-order valence-electron chi connectivity index (χ1n) is 9.67. The fourth-order valence-electron chi connectivity index (χ4n) is 3.02. The second-order valence-corrected chi connectivity index (χ2v) is 7.96. The van der Waals surface area contributed by atoms with E-state index in [9.17, 15) is 4.79 Å². The first-order valence-corrected chi connectivity index (χ1v) is 10.4. The van der Waals surface area contributed by atoms with Crippen molar-refractivity contribution in [3.63, 3.8) is 0 Å². The van der Waals surface area contributed by atoms with Crippen molar-refractivity contribution in [1.82, 2.24) is 4.31 Å². The van der Waals surface area contributed by atoms with Crippen molar-refractivity contribution in [2.75, 3.05) is 18.4 Å². The van der Waals surface area contributed by atoms with Crippen molar-refractivity contribution < 1.29 is 4.79 Å². The maximum absolute atomic E-state index is 12.5.